The van der Waals surface area contributed by atoms with Crippen LogP contribution >= 0.6 is 15.2 Å². The van der Waals surface area contributed by atoms with Crippen LogP contribution in [-0.4, -0.2) is 67.7 Å². The lowest BCUT2D eigenvalue weighted by atomic mass is 10.3. The summed E-state index contributed by atoms with van der Waals surface area (Å²) in [7, 11) is -7.88. The molecule has 0 spiro atoms. The van der Waals surface area contributed by atoms with Gasteiger partial charge in [-0.2, -0.15) is 0 Å². The first kappa shape index (κ1) is 22.9. The third kappa shape index (κ3) is 6.81. The molecule has 24 heavy (non-hydrogen) atoms. The summed E-state index contributed by atoms with van der Waals surface area (Å²) >= 11 is 0. The third-order valence-electron chi connectivity index (χ3n) is 2.96. The molecule has 0 saturated heterocycles. The summed E-state index contributed by atoms with van der Waals surface area (Å²) in [5.74, 6) is -1.08. The summed E-state index contributed by atoms with van der Waals surface area (Å²) in [5, 5.41) is 7.55. The van der Waals surface area contributed by atoms with Gasteiger partial charge in [0.25, 0.3) is 5.09 Å². The second-order valence-corrected chi connectivity index (χ2v) is 9.22. The number of nitrogens with zero attached hydrogens (tertiary/aromatic N) is 2. The predicted octanol–water partition coefficient (Wildman–Crippen LogP) is -0.948. The number of rotatable bonds is 11. The normalized spacial score (nSPS) is 13.0. The van der Waals surface area contributed by atoms with Crippen LogP contribution in [0.25, 0.3) is 0 Å². The van der Waals surface area contributed by atoms with Crippen LogP contribution in [0.1, 0.15) is 19.3 Å². The molecule has 0 aliphatic heterocycles. The van der Waals surface area contributed by atoms with E-state index in [-0.39, 0.29) is 13.0 Å². The Hall–Kier alpha value is -1.07. The molecule has 0 radical (unpaired) electrons. The van der Waals surface area contributed by atoms with E-state index in [2.05, 4.69) is 4.84 Å². The Bertz CT molecular complexity index is 520. The standard InChI is InChI=1S/C9H21N3O10P2/c1-11(2)6-5-9(23(16,17)18,24(19,20)21)10-8(13)4-3-7-22-12(14)15/h3-7H2,1-2H3,(H,10,13)(H2,16,17,18)(H2,19,20,21). The van der Waals surface area contributed by atoms with Crippen molar-refractivity contribution in [2.45, 2.75) is 24.3 Å². The number of hydrogen-bond acceptors (Lipinski definition) is 7. The molecule has 142 valence electrons. The van der Waals surface area contributed by atoms with E-state index in [0.29, 0.717) is 0 Å². The van der Waals surface area contributed by atoms with Crippen molar-refractivity contribution in [3.8, 4) is 0 Å². The topological polar surface area (TPSA) is 200 Å². The van der Waals surface area contributed by atoms with Gasteiger partial charge in [0, 0.05) is 19.4 Å². The Kier molecular flexibility index (Phi) is 8.46. The van der Waals surface area contributed by atoms with Crippen molar-refractivity contribution in [3.63, 3.8) is 0 Å². The van der Waals surface area contributed by atoms with Gasteiger partial charge in [-0.15, -0.1) is 10.1 Å². The average Bonchev–Trinajstić information content (AvgIpc) is 2.36. The Morgan fingerprint density at radius 2 is 1.75 bits per heavy atom. The van der Waals surface area contributed by atoms with Crippen molar-refractivity contribution in [2.75, 3.05) is 27.2 Å². The molecule has 0 aromatic heterocycles. The zero-order valence-corrected chi connectivity index (χ0v) is 14.9. The van der Waals surface area contributed by atoms with Crippen LogP contribution < -0.4 is 5.32 Å². The summed E-state index contributed by atoms with van der Waals surface area (Å²) in [6, 6.07) is 0. The first-order chi connectivity index (χ1) is 10.7. The Labute approximate surface area is 137 Å². The maximum absolute atomic E-state index is 11.8. The number of hydrogen-bond donors (Lipinski definition) is 5. The van der Waals surface area contributed by atoms with E-state index in [9.17, 15) is 43.6 Å². The summed E-state index contributed by atoms with van der Waals surface area (Å²) in [4.78, 5) is 64.9. The van der Waals surface area contributed by atoms with Crippen molar-refractivity contribution in [1.82, 2.24) is 10.2 Å². The van der Waals surface area contributed by atoms with E-state index in [1.807, 2.05) is 0 Å². The highest BCUT2D eigenvalue weighted by atomic mass is 31.2. The van der Waals surface area contributed by atoms with Gasteiger partial charge in [0.15, 0.2) is 0 Å². The van der Waals surface area contributed by atoms with Gasteiger partial charge >= 0.3 is 15.2 Å². The Morgan fingerprint density at radius 3 is 2.12 bits per heavy atom. The van der Waals surface area contributed by atoms with Gasteiger partial charge in [-0.25, -0.2) is 0 Å². The Morgan fingerprint density at radius 1 is 1.25 bits per heavy atom. The summed E-state index contributed by atoms with van der Waals surface area (Å²) in [6.45, 7) is -0.572. The minimum Gasteiger partial charge on any atom is -0.330 e. The molecule has 13 nitrogen and oxygen atoms in total. The molecular weight excluding hydrogens is 372 g/mol. The lowest BCUT2D eigenvalue weighted by Gasteiger charge is -2.36. The molecule has 0 fully saturated rings. The molecule has 0 aliphatic rings. The molecule has 1 amide bonds. The molecule has 0 saturated carbocycles. The van der Waals surface area contributed by atoms with Crippen LogP contribution in [0.2, 0.25) is 0 Å². The van der Waals surface area contributed by atoms with Gasteiger partial charge in [-0.3, -0.25) is 13.9 Å². The number of amides is 1. The summed E-state index contributed by atoms with van der Waals surface area (Å²) < 4.78 is 23.4. The maximum Gasteiger partial charge on any atom is 0.363 e. The molecule has 0 aliphatic carbocycles. The van der Waals surface area contributed by atoms with Crippen LogP contribution in [0.15, 0.2) is 0 Å². The number of carbonyl (C=O) groups is 1. The fraction of sp³-hybridized carbons (Fsp3) is 0.889. The van der Waals surface area contributed by atoms with Crippen molar-refractivity contribution in [2.24, 2.45) is 0 Å². The fourth-order valence-electron chi connectivity index (χ4n) is 1.71. The lowest BCUT2D eigenvalue weighted by molar-refractivity contribution is -0.757. The molecule has 0 bridgehead atoms. The maximum atomic E-state index is 11.8. The van der Waals surface area contributed by atoms with Gasteiger partial charge in [0.05, 0.1) is 6.61 Å². The highest BCUT2D eigenvalue weighted by molar-refractivity contribution is 7.72. The number of nitrogens with one attached hydrogen (secondary N) is 1. The summed E-state index contributed by atoms with van der Waals surface area (Å²) in [5.41, 5.74) is 0. The SMILES string of the molecule is CN(C)CCC(NC(=O)CCCO[N+](=O)[O-])(P(=O)(O)O)P(=O)(O)O. The minimum absolute atomic E-state index is 0.124. The second-order valence-electron chi connectivity index (χ2n) is 5.17. The van der Waals surface area contributed by atoms with Crippen LogP contribution in [-0.2, 0) is 18.8 Å². The average molecular weight is 393 g/mol. The molecule has 0 atom stereocenters. The number of carbonyl (C=O) groups excluding carboxylic acids is 1. The van der Waals surface area contributed by atoms with Crippen molar-refractivity contribution >= 4 is 21.1 Å². The second kappa shape index (κ2) is 8.86. The van der Waals surface area contributed by atoms with Crippen LogP contribution in [0.4, 0.5) is 0 Å². The minimum atomic E-state index is -5.45. The Balaban J connectivity index is 5.25. The molecular formula is C9H21N3O10P2. The molecule has 0 rings (SSSR count). The van der Waals surface area contributed by atoms with E-state index < -0.39 is 50.7 Å². The molecule has 0 aromatic carbocycles. The van der Waals surface area contributed by atoms with Gasteiger partial charge in [-0.1, -0.05) is 0 Å². The van der Waals surface area contributed by atoms with E-state index in [1.54, 1.807) is 5.32 Å². The lowest BCUT2D eigenvalue weighted by Crippen LogP contribution is -2.49. The van der Waals surface area contributed by atoms with Gasteiger partial charge in [0.2, 0.25) is 10.9 Å². The molecule has 0 aromatic rings. The van der Waals surface area contributed by atoms with E-state index >= 15 is 0 Å². The largest absolute Gasteiger partial charge is 0.363 e. The molecule has 15 heteroatoms. The van der Waals surface area contributed by atoms with Crippen LogP contribution in [0, 0.1) is 10.1 Å². The van der Waals surface area contributed by atoms with Crippen LogP contribution in [0.5, 0.6) is 0 Å². The predicted molar refractivity (Wildman–Crippen MR) is 80.3 cm³/mol. The summed E-state index contributed by atoms with van der Waals surface area (Å²) in [6.07, 6.45) is -1.36. The van der Waals surface area contributed by atoms with Crippen molar-refractivity contribution < 1.29 is 43.4 Å². The van der Waals surface area contributed by atoms with Gasteiger partial charge < -0.3 is 34.6 Å². The first-order valence-corrected chi connectivity index (χ1v) is 9.80. The molecule has 0 heterocycles. The third-order valence-corrected chi connectivity index (χ3v) is 7.12. The van der Waals surface area contributed by atoms with Crippen molar-refractivity contribution in [3.05, 3.63) is 10.1 Å². The highest BCUT2D eigenvalue weighted by Gasteiger charge is 2.60. The van der Waals surface area contributed by atoms with E-state index in [4.69, 9.17) is 0 Å². The van der Waals surface area contributed by atoms with Crippen LogP contribution in [0.3, 0.4) is 0 Å². The van der Waals surface area contributed by atoms with Gasteiger partial charge in [-0.05, 0) is 20.5 Å². The van der Waals surface area contributed by atoms with E-state index in [1.165, 1.54) is 19.0 Å². The zero-order valence-electron chi connectivity index (χ0n) is 13.1. The quantitative estimate of drug-likeness (QED) is 0.125. The highest BCUT2D eigenvalue weighted by Crippen LogP contribution is 2.68. The smallest absolute Gasteiger partial charge is 0.330 e. The monoisotopic (exact) mass is 393 g/mol. The first-order valence-electron chi connectivity index (χ1n) is 6.57. The van der Waals surface area contributed by atoms with E-state index in [0.717, 1.165) is 0 Å². The molecule has 0 unspecified atom stereocenters. The molecule has 5 N–H and O–H groups in total. The zero-order chi connectivity index (χ0) is 19.2. The van der Waals surface area contributed by atoms with Gasteiger partial charge in [0.1, 0.15) is 0 Å². The van der Waals surface area contributed by atoms with Crippen molar-refractivity contribution in [1.29, 1.82) is 0 Å². The fourth-order valence-corrected chi connectivity index (χ4v) is 4.39.